The number of benzene rings is 1. The van der Waals surface area contributed by atoms with Gasteiger partial charge in [0.25, 0.3) is 0 Å². The van der Waals surface area contributed by atoms with Gasteiger partial charge in [0.05, 0.1) is 0 Å². The van der Waals surface area contributed by atoms with E-state index in [0.29, 0.717) is 6.04 Å². The van der Waals surface area contributed by atoms with E-state index in [4.69, 9.17) is 0 Å². The van der Waals surface area contributed by atoms with Gasteiger partial charge in [-0.1, -0.05) is 24.6 Å². The van der Waals surface area contributed by atoms with Gasteiger partial charge in [0.1, 0.15) is 0 Å². The molecule has 0 radical (unpaired) electrons. The number of rotatable bonds is 3. The predicted molar refractivity (Wildman–Crippen MR) is 76.4 cm³/mol. The number of aromatic nitrogens is 2. The number of nitrogens with one attached hydrogen (secondary N) is 1. The molecule has 98 valence electrons. The SMILES string of the molecule is c1ccc(-n2ccnc2NC2CC3CCC2C3)cc1. The lowest BCUT2D eigenvalue weighted by molar-refractivity contribution is 0.437. The third kappa shape index (κ3) is 1.93. The molecule has 3 nitrogen and oxygen atoms in total. The molecule has 0 aliphatic heterocycles. The summed E-state index contributed by atoms with van der Waals surface area (Å²) in [4.78, 5) is 4.49. The molecule has 0 amide bonds. The average Bonchev–Trinajstić information content (AvgIpc) is 3.16. The monoisotopic (exact) mass is 253 g/mol. The summed E-state index contributed by atoms with van der Waals surface area (Å²) in [5.74, 6) is 2.82. The van der Waals surface area contributed by atoms with Crippen molar-refractivity contribution in [3.8, 4) is 5.69 Å². The minimum absolute atomic E-state index is 0.628. The second kappa shape index (κ2) is 4.41. The first-order chi connectivity index (χ1) is 9.40. The highest BCUT2D eigenvalue weighted by atomic mass is 15.2. The van der Waals surface area contributed by atoms with E-state index in [1.54, 1.807) is 0 Å². The molecule has 2 aliphatic carbocycles. The van der Waals surface area contributed by atoms with E-state index < -0.39 is 0 Å². The summed E-state index contributed by atoms with van der Waals surface area (Å²) in [6.45, 7) is 0. The number of para-hydroxylation sites is 1. The van der Waals surface area contributed by atoms with Crippen LogP contribution in [-0.4, -0.2) is 15.6 Å². The molecule has 2 aliphatic rings. The zero-order valence-electron chi connectivity index (χ0n) is 11.0. The van der Waals surface area contributed by atoms with Gasteiger partial charge >= 0.3 is 0 Å². The Bertz CT molecular complexity index is 560. The number of imidazole rings is 1. The Morgan fingerprint density at radius 1 is 1.11 bits per heavy atom. The predicted octanol–water partition coefficient (Wildman–Crippen LogP) is 3.47. The normalized spacial score (nSPS) is 28.7. The third-order valence-corrected chi connectivity index (χ3v) is 4.73. The number of hydrogen-bond acceptors (Lipinski definition) is 2. The fourth-order valence-electron chi connectivity index (χ4n) is 3.79. The lowest BCUT2D eigenvalue weighted by Gasteiger charge is -2.23. The standard InChI is InChI=1S/C16H19N3/c1-2-4-14(5-3-1)19-9-8-17-16(19)18-15-11-12-6-7-13(15)10-12/h1-5,8-9,12-13,15H,6-7,10-11H2,(H,17,18). The van der Waals surface area contributed by atoms with Gasteiger partial charge in [0, 0.05) is 24.1 Å². The molecule has 3 atom stereocenters. The van der Waals surface area contributed by atoms with E-state index in [0.717, 1.165) is 17.8 Å². The molecular formula is C16H19N3. The highest BCUT2D eigenvalue weighted by Crippen LogP contribution is 2.45. The molecule has 0 spiro atoms. The maximum Gasteiger partial charge on any atom is 0.207 e. The van der Waals surface area contributed by atoms with E-state index in [-0.39, 0.29) is 0 Å². The summed E-state index contributed by atoms with van der Waals surface area (Å²) in [7, 11) is 0. The highest BCUT2D eigenvalue weighted by molar-refractivity contribution is 5.42. The van der Waals surface area contributed by atoms with Gasteiger partial charge in [0.2, 0.25) is 5.95 Å². The lowest BCUT2D eigenvalue weighted by Crippen LogP contribution is -2.27. The molecule has 2 saturated carbocycles. The van der Waals surface area contributed by atoms with Crippen molar-refractivity contribution >= 4 is 5.95 Å². The molecule has 2 bridgehead atoms. The van der Waals surface area contributed by atoms with Crippen LogP contribution in [0.25, 0.3) is 5.69 Å². The third-order valence-electron chi connectivity index (χ3n) is 4.73. The van der Waals surface area contributed by atoms with Crippen LogP contribution in [0.5, 0.6) is 0 Å². The van der Waals surface area contributed by atoms with Crippen molar-refractivity contribution in [2.75, 3.05) is 5.32 Å². The number of nitrogens with zero attached hydrogens (tertiary/aromatic N) is 2. The second-order valence-electron chi connectivity index (χ2n) is 5.88. The van der Waals surface area contributed by atoms with Crippen LogP contribution < -0.4 is 5.32 Å². The summed E-state index contributed by atoms with van der Waals surface area (Å²) in [5, 5.41) is 3.67. The van der Waals surface area contributed by atoms with Crippen molar-refractivity contribution in [1.29, 1.82) is 0 Å². The first-order valence-corrected chi connectivity index (χ1v) is 7.25. The van der Waals surface area contributed by atoms with E-state index in [1.165, 1.54) is 31.4 Å². The second-order valence-corrected chi connectivity index (χ2v) is 5.88. The molecule has 4 rings (SSSR count). The largest absolute Gasteiger partial charge is 0.352 e. The Kier molecular flexibility index (Phi) is 2.57. The fourth-order valence-corrected chi connectivity index (χ4v) is 3.79. The van der Waals surface area contributed by atoms with Gasteiger partial charge in [-0.05, 0) is 43.2 Å². The van der Waals surface area contributed by atoms with Crippen molar-refractivity contribution in [1.82, 2.24) is 9.55 Å². The molecular weight excluding hydrogens is 234 g/mol. The minimum atomic E-state index is 0.628. The Morgan fingerprint density at radius 2 is 2.00 bits per heavy atom. The van der Waals surface area contributed by atoms with Gasteiger partial charge < -0.3 is 5.32 Å². The molecule has 1 aromatic carbocycles. The zero-order valence-corrected chi connectivity index (χ0v) is 11.0. The summed E-state index contributed by atoms with van der Waals surface area (Å²) >= 11 is 0. The zero-order chi connectivity index (χ0) is 12.7. The van der Waals surface area contributed by atoms with Crippen LogP contribution in [0.15, 0.2) is 42.7 Å². The van der Waals surface area contributed by atoms with Crippen LogP contribution in [0.4, 0.5) is 5.95 Å². The fraction of sp³-hybridized carbons (Fsp3) is 0.438. The summed E-state index contributed by atoms with van der Waals surface area (Å²) < 4.78 is 2.14. The van der Waals surface area contributed by atoms with E-state index in [2.05, 4.69) is 39.1 Å². The number of fused-ring (bicyclic) bond motifs is 2. The Labute approximate surface area is 113 Å². The molecule has 1 aromatic heterocycles. The van der Waals surface area contributed by atoms with Gasteiger partial charge in [-0.25, -0.2) is 4.98 Å². The quantitative estimate of drug-likeness (QED) is 0.907. The minimum Gasteiger partial charge on any atom is -0.352 e. The molecule has 3 unspecified atom stereocenters. The molecule has 1 N–H and O–H groups in total. The molecule has 1 heterocycles. The highest BCUT2D eigenvalue weighted by Gasteiger charge is 2.39. The number of hydrogen-bond donors (Lipinski definition) is 1. The first kappa shape index (κ1) is 11.1. The maximum atomic E-state index is 4.49. The van der Waals surface area contributed by atoms with Crippen molar-refractivity contribution in [2.45, 2.75) is 31.7 Å². The molecule has 2 aromatic rings. The van der Waals surface area contributed by atoms with Crippen LogP contribution in [0.2, 0.25) is 0 Å². The molecule has 19 heavy (non-hydrogen) atoms. The number of anilines is 1. The summed E-state index contributed by atoms with van der Waals surface area (Å²) in [6, 6.07) is 11.0. The van der Waals surface area contributed by atoms with E-state index >= 15 is 0 Å². The molecule has 3 heteroatoms. The van der Waals surface area contributed by atoms with Gasteiger partial charge in [-0.3, -0.25) is 4.57 Å². The Balaban J connectivity index is 1.58. The van der Waals surface area contributed by atoms with Crippen molar-refractivity contribution in [3.63, 3.8) is 0 Å². The first-order valence-electron chi connectivity index (χ1n) is 7.25. The summed E-state index contributed by atoms with van der Waals surface area (Å²) in [6.07, 6.45) is 9.49. The van der Waals surface area contributed by atoms with Crippen LogP contribution in [-0.2, 0) is 0 Å². The average molecular weight is 253 g/mol. The Hall–Kier alpha value is -1.77. The van der Waals surface area contributed by atoms with Gasteiger partial charge in [-0.2, -0.15) is 0 Å². The molecule has 2 fully saturated rings. The van der Waals surface area contributed by atoms with Crippen molar-refractivity contribution < 1.29 is 0 Å². The van der Waals surface area contributed by atoms with Crippen LogP contribution in [0.3, 0.4) is 0 Å². The Morgan fingerprint density at radius 3 is 2.74 bits per heavy atom. The maximum absolute atomic E-state index is 4.49. The van der Waals surface area contributed by atoms with Crippen LogP contribution in [0, 0.1) is 11.8 Å². The molecule has 0 saturated heterocycles. The van der Waals surface area contributed by atoms with Crippen molar-refractivity contribution in [3.05, 3.63) is 42.7 Å². The van der Waals surface area contributed by atoms with Gasteiger partial charge in [-0.15, -0.1) is 0 Å². The van der Waals surface area contributed by atoms with Crippen LogP contribution >= 0.6 is 0 Å². The summed E-state index contributed by atoms with van der Waals surface area (Å²) in [5.41, 5.74) is 1.17. The smallest absolute Gasteiger partial charge is 0.207 e. The van der Waals surface area contributed by atoms with Crippen LogP contribution in [0.1, 0.15) is 25.7 Å². The lowest BCUT2D eigenvalue weighted by atomic mass is 9.95. The van der Waals surface area contributed by atoms with E-state index in [9.17, 15) is 0 Å². The topological polar surface area (TPSA) is 29.9 Å². The van der Waals surface area contributed by atoms with Crippen molar-refractivity contribution in [2.24, 2.45) is 11.8 Å². The van der Waals surface area contributed by atoms with E-state index in [1.807, 2.05) is 18.5 Å². The van der Waals surface area contributed by atoms with Gasteiger partial charge in [0.15, 0.2) is 0 Å².